The Bertz CT molecular complexity index is 231. The molecule has 2 rings (SSSR count). The topological polar surface area (TPSA) is 41.1 Å². The Kier molecular flexibility index (Phi) is 5.56. The minimum Gasteiger partial charge on any atom is -0.356 e. The van der Waals surface area contributed by atoms with E-state index in [4.69, 9.17) is 0 Å². The SMILES string of the molecule is C[C@H]1C[C@@H](C(=O)NCC2CCC2)CCN1.Cl. The van der Waals surface area contributed by atoms with Crippen molar-refractivity contribution < 1.29 is 4.79 Å². The van der Waals surface area contributed by atoms with Crippen LogP contribution in [-0.2, 0) is 4.79 Å². The number of rotatable bonds is 3. The van der Waals surface area contributed by atoms with E-state index in [1.807, 2.05) is 0 Å². The van der Waals surface area contributed by atoms with Crippen LogP contribution in [0.4, 0.5) is 0 Å². The third kappa shape index (κ3) is 3.63. The molecule has 2 aliphatic rings. The first-order valence-electron chi connectivity index (χ1n) is 6.27. The molecule has 0 spiro atoms. The maximum Gasteiger partial charge on any atom is 0.223 e. The lowest BCUT2D eigenvalue weighted by Crippen LogP contribution is -2.43. The van der Waals surface area contributed by atoms with E-state index in [9.17, 15) is 4.79 Å². The first kappa shape index (κ1) is 13.8. The normalized spacial score (nSPS) is 30.1. The molecule has 2 N–H and O–H groups in total. The summed E-state index contributed by atoms with van der Waals surface area (Å²) < 4.78 is 0. The minimum absolute atomic E-state index is 0. The van der Waals surface area contributed by atoms with E-state index < -0.39 is 0 Å². The summed E-state index contributed by atoms with van der Waals surface area (Å²) in [5.74, 6) is 1.31. The molecule has 1 amide bonds. The van der Waals surface area contributed by atoms with E-state index >= 15 is 0 Å². The molecule has 0 bridgehead atoms. The predicted octanol–water partition coefficient (Wildman–Crippen LogP) is 1.71. The van der Waals surface area contributed by atoms with Crippen LogP contribution in [-0.4, -0.2) is 25.0 Å². The second-order valence-corrected chi connectivity index (χ2v) is 5.12. The lowest BCUT2D eigenvalue weighted by Gasteiger charge is -2.29. The summed E-state index contributed by atoms with van der Waals surface area (Å²) in [6.07, 6.45) is 5.97. The Morgan fingerprint density at radius 3 is 2.69 bits per heavy atom. The molecule has 2 atom stereocenters. The number of halogens is 1. The van der Waals surface area contributed by atoms with Crippen molar-refractivity contribution in [3.05, 3.63) is 0 Å². The van der Waals surface area contributed by atoms with E-state index in [0.29, 0.717) is 6.04 Å². The summed E-state index contributed by atoms with van der Waals surface area (Å²) in [5.41, 5.74) is 0. The number of hydrogen-bond acceptors (Lipinski definition) is 2. The number of piperidine rings is 1. The van der Waals surface area contributed by atoms with Gasteiger partial charge in [0.05, 0.1) is 0 Å². The van der Waals surface area contributed by atoms with Gasteiger partial charge in [-0.3, -0.25) is 4.79 Å². The van der Waals surface area contributed by atoms with Crippen LogP contribution in [0, 0.1) is 11.8 Å². The highest BCUT2D eigenvalue weighted by Crippen LogP contribution is 2.25. The van der Waals surface area contributed by atoms with E-state index in [1.54, 1.807) is 0 Å². The maximum atomic E-state index is 11.8. The van der Waals surface area contributed by atoms with Gasteiger partial charge in [0.25, 0.3) is 0 Å². The van der Waals surface area contributed by atoms with Gasteiger partial charge < -0.3 is 10.6 Å². The van der Waals surface area contributed by atoms with Crippen molar-refractivity contribution >= 4 is 18.3 Å². The predicted molar refractivity (Wildman–Crippen MR) is 67.8 cm³/mol. The Labute approximate surface area is 104 Å². The second-order valence-electron chi connectivity index (χ2n) is 5.12. The van der Waals surface area contributed by atoms with E-state index in [0.717, 1.165) is 31.8 Å². The maximum absolute atomic E-state index is 11.8. The third-order valence-corrected chi connectivity index (χ3v) is 3.78. The monoisotopic (exact) mass is 246 g/mol. The molecule has 0 radical (unpaired) electrons. The van der Waals surface area contributed by atoms with Gasteiger partial charge in [-0.25, -0.2) is 0 Å². The molecule has 4 heteroatoms. The largest absolute Gasteiger partial charge is 0.356 e. The molecule has 1 heterocycles. The van der Waals surface area contributed by atoms with Gasteiger partial charge in [0.15, 0.2) is 0 Å². The fraction of sp³-hybridized carbons (Fsp3) is 0.917. The minimum atomic E-state index is 0. The lowest BCUT2D eigenvalue weighted by molar-refractivity contribution is -0.126. The lowest BCUT2D eigenvalue weighted by atomic mass is 9.85. The fourth-order valence-electron chi connectivity index (χ4n) is 2.46. The molecule has 1 aliphatic carbocycles. The van der Waals surface area contributed by atoms with Crippen molar-refractivity contribution in [1.29, 1.82) is 0 Å². The highest BCUT2D eigenvalue weighted by molar-refractivity contribution is 5.85. The Morgan fingerprint density at radius 1 is 1.38 bits per heavy atom. The molecule has 0 aromatic heterocycles. The van der Waals surface area contributed by atoms with Crippen LogP contribution in [0.25, 0.3) is 0 Å². The van der Waals surface area contributed by atoms with E-state index in [1.165, 1.54) is 19.3 Å². The van der Waals surface area contributed by atoms with Gasteiger partial charge in [-0.2, -0.15) is 0 Å². The number of nitrogens with one attached hydrogen (secondary N) is 2. The van der Waals surface area contributed by atoms with Crippen molar-refractivity contribution in [2.24, 2.45) is 11.8 Å². The fourth-order valence-corrected chi connectivity index (χ4v) is 2.46. The quantitative estimate of drug-likeness (QED) is 0.796. The van der Waals surface area contributed by atoms with Crippen molar-refractivity contribution in [2.45, 2.75) is 45.1 Å². The highest BCUT2D eigenvalue weighted by Gasteiger charge is 2.25. The molecule has 0 unspecified atom stereocenters. The molecule has 94 valence electrons. The zero-order chi connectivity index (χ0) is 10.7. The standard InChI is InChI=1S/C12H22N2O.ClH/c1-9-7-11(5-6-13-9)12(15)14-8-10-3-2-4-10;/h9-11,13H,2-8H2,1H3,(H,14,15);1H/t9-,11-;/m0./s1. The number of hydrogen-bond donors (Lipinski definition) is 2. The third-order valence-electron chi connectivity index (χ3n) is 3.78. The summed E-state index contributed by atoms with van der Waals surface area (Å²) >= 11 is 0. The van der Waals surface area contributed by atoms with Gasteiger partial charge in [-0.1, -0.05) is 6.42 Å². The van der Waals surface area contributed by atoms with E-state index in [2.05, 4.69) is 17.6 Å². The van der Waals surface area contributed by atoms with Gasteiger partial charge in [0.2, 0.25) is 5.91 Å². The van der Waals surface area contributed by atoms with Gasteiger partial charge in [0.1, 0.15) is 0 Å². The molecular weight excluding hydrogens is 224 g/mol. The summed E-state index contributed by atoms with van der Waals surface area (Å²) in [5, 5.41) is 6.48. The zero-order valence-corrected chi connectivity index (χ0v) is 10.8. The van der Waals surface area contributed by atoms with Gasteiger partial charge in [-0.15, -0.1) is 12.4 Å². The highest BCUT2D eigenvalue weighted by atomic mass is 35.5. The van der Waals surface area contributed by atoms with E-state index in [-0.39, 0.29) is 24.2 Å². The number of amides is 1. The van der Waals surface area contributed by atoms with Crippen molar-refractivity contribution in [1.82, 2.24) is 10.6 Å². The number of carbonyl (C=O) groups excluding carboxylic acids is 1. The van der Waals surface area contributed by atoms with Crippen molar-refractivity contribution in [3.63, 3.8) is 0 Å². The summed E-state index contributed by atoms with van der Waals surface area (Å²) in [6, 6.07) is 0.498. The first-order valence-corrected chi connectivity index (χ1v) is 6.27. The summed E-state index contributed by atoms with van der Waals surface area (Å²) in [7, 11) is 0. The molecule has 1 saturated carbocycles. The summed E-state index contributed by atoms with van der Waals surface area (Å²) in [6.45, 7) is 4.06. The smallest absolute Gasteiger partial charge is 0.223 e. The van der Waals surface area contributed by atoms with Gasteiger partial charge >= 0.3 is 0 Å². The van der Waals surface area contributed by atoms with Crippen LogP contribution in [0.2, 0.25) is 0 Å². The zero-order valence-electron chi connectivity index (χ0n) is 10.00. The second kappa shape index (κ2) is 6.45. The van der Waals surface area contributed by atoms with Crippen LogP contribution >= 0.6 is 12.4 Å². The van der Waals surface area contributed by atoms with Crippen LogP contribution in [0.5, 0.6) is 0 Å². The van der Waals surface area contributed by atoms with Crippen LogP contribution in [0.15, 0.2) is 0 Å². The first-order chi connectivity index (χ1) is 7.25. The molecule has 0 aromatic rings. The molecule has 1 aliphatic heterocycles. The van der Waals surface area contributed by atoms with Crippen LogP contribution in [0.3, 0.4) is 0 Å². The number of carbonyl (C=O) groups is 1. The molecule has 2 fully saturated rings. The van der Waals surface area contributed by atoms with Gasteiger partial charge in [-0.05, 0) is 45.1 Å². The Balaban J connectivity index is 0.00000128. The van der Waals surface area contributed by atoms with Crippen LogP contribution < -0.4 is 10.6 Å². The average Bonchev–Trinajstić information content (AvgIpc) is 2.15. The molecule has 1 saturated heterocycles. The van der Waals surface area contributed by atoms with Gasteiger partial charge in [0, 0.05) is 18.5 Å². The average molecular weight is 247 g/mol. The Hall–Kier alpha value is -0.280. The van der Waals surface area contributed by atoms with Crippen molar-refractivity contribution in [2.75, 3.05) is 13.1 Å². The Morgan fingerprint density at radius 2 is 2.12 bits per heavy atom. The molecule has 16 heavy (non-hydrogen) atoms. The molecular formula is C12H23ClN2O. The van der Waals surface area contributed by atoms with Crippen molar-refractivity contribution in [3.8, 4) is 0 Å². The summed E-state index contributed by atoms with van der Waals surface area (Å²) in [4.78, 5) is 11.8. The molecule has 3 nitrogen and oxygen atoms in total. The molecule has 0 aromatic carbocycles. The van der Waals surface area contributed by atoms with Crippen LogP contribution in [0.1, 0.15) is 39.0 Å².